The van der Waals surface area contributed by atoms with Crippen molar-refractivity contribution in [3.63, 3.8) is 0 Å². The number of carbonyl (C=O) groups is 1. The Morgan fingerprint density at radius 3 is 2.65 bits per heavy atom. The van der Waals surface area contributed by atoms with Crippen LogP contribution in [0.5, 0.6) is 0 Å². The summed E-state index contributed by atoms with van der Waals surface area (Å²) >= 11 is 0. The molecule has 0 radical (unpaired) electrons. The minimum absolute atomic E-state index is 0.0996. The molecular formula is C14H26N2O. The quantitative estimate of drug-likeness (QED) is 0.815. The van der Waals surface area contributed by atoms with Crippen LogP contribution in [0.2, 0.25) is 0 Å². The maximum Gasteiger partial charge on any atom is 0.240 e. The van der Waals surface area contributed by atoms with Crippen LogP contribution < -0.4 is 5.32 Å². The molecule has 1 atom stereocenters. The lowest BCUT2D eigenvalue weighted by molar-refractivity contribution is -0.129. The molecule has 17 heavy (non-hydrogen) atoms. The van der Waals surface area contributed by atoms with Gasteiger partial charge in [-0.3, -0.25) is 10.1 Å². The van der Waals surface area contributed by atoms with E-state index in [0.717, 1.165) is 37.9 Å². The summed E-state index contributed by atoms with van der Waals surface area (Å²) in [6, 6.07) is 0.0996. The van der Waals surface area contributed by atoms with Crippen molar-refractivity contribution in [1.82, 2.24) is 10.2 Å². The Morgan fingerprint density at radius 2 is 2.00 bits per heavy atom. The van der Waals surface area contributed by atoms with E-state index in [0.29, 0.717) is 5.91 Å². The predicted molar refractivity (Wildman–Crippen MR) is 69.5 cm³/mol. The highest BCUT2D eigenvalue weighted by Crippen LogP contribution is 2.29. The highest BCUT2D eigenvalue weighted by molar-refractivity contribution is 5.83. The minimum Gasteiger partial charge on any atom is -0.328 e. The zero-order valence-corrected chi connectivity index (χ0v) is 11.2. The highest BCUT2D eigenvalue weighted by atomic mass is 16.2. The van der Waals surface area contributed by atoms with Gasteiger partial charge in [0.15, 0.2) is 0 Å². The molecule has 0 spiro atoms. The van der Waals surface area contributed by atoms with E-state index >= 15 is 0 Å². The van der Waals surface area contributed by atoms with E-state index in [1.54, 1.807) is 0 Å². The van der Waals surface area contributed by atoms with Crippen LogP contribution >= 0.6 is 0 Å². The van der Waals surface area contributed by atoms with E-state index < -0.39 is 0 Å². The third kappa shape index (κ3) is 3.21. The molecule has 3 nitrogen and oxygen atoms in total. The Morgan fingerprint density at radius 1 is 1.29 bits per heavy atom. The van der Waals surface area contributed by atoms with Crippen molar-refractivity contribution in [2.45, 2.75) is 58.4 Å². The molecular weight excluding hydrogens is 212 g/mol. The average molecular weight is 238 g/mol. The van der Waals surface area contributed by atoms with Crippen LogP contribution in [0.3, 0.4) is 0 Å². The lowest BCUT2D eigenvalue weighted by Crippen LogP contribution is -2.35. The monoisotopic (exact) mass is 238 g/mol. The number of hydrogen-bond donors (Lipinski definition) is 1. The number of amides is 1. The van der Waals surface area contributed by atoms with E-state index in [1.165, 1.54) is 25.7 Å². The SMILES string of the molecule is CCCC1NCN(CC2CCC(C)CC2)C1=O. The van der Waals surface area contributed by atoms with Crippen molar-refractivity contribution in [3.8, 4) is 0 Å². The van der Waals surface area contributed by atoms with Gasteiger partial charge in [-0.05, 0) is 31.1 Å². The Labute approximate surface area is 105 Å². The molecule has 0 aromatic rings. The minimum atomic E-state index is 0.0996. The zero-order valence-electron chi connectivity index (χ0n) is 11.2. The Balaban J connectivity index is 1.78. The summed E-state index contributed by atoms with van der Waals surface area (Å²) in [5, 5.41) is 3.33. The molecule has 0 bridgehead atoms. The fraction of sp³-hybridized carbons (Fsp3) is 0.929. The van der Waals surface area contributed by atoms with E-state index in [9.17, 15) is 4.79 Å². The molecule has 3 heteroatoms. The van der Waals surface area contributed by atoms with Crippen molar-refractivity contribution in [2.75, 3.05) is 13.2 Å². The molecule has 0 aromatic carbocycles. The molecule has 1 aliphatic heterocycles. The third-order valence-electron chi connectivity index (χ3n) is 4.33. The first kappa shape index (κ1) is 12.9. The lowest BCUT2D eigenvalue weighted by Gasteiger charge is -2.29. The Hall–Kier alpha value is -0.570. The first-order valence-electron chi connectivity index (χ1n) is 7.23. The van der Waals surface area contributed by atoms with Gasteiger partial charge in [-0.25, -0.2) is 0 Å². The van der Waals surface area contributed by atoms with Gasteiger partial charge in [-0.2, -0.15) is 0 Å². The second kappa shape index (κ2) is 5.85. The van der Waals surface area contributed by atoms with Crippen molar-refractivity contribution >= 4 is 5.91 Å². The summed E-state index contributed by atoms with van der Waals surface area (Å²) in [6.07, 6.45) is 7.37. The Bertz CT molecular complexity index is 259. The lowest BCUT2D eigenvalue weighted by atomic mass is 9.83. The predicted octanol–water partition coefficient (Wildman–Crippen LogP) is 2.37. The van der Waals surface area contributed by atoms with Crippen LogP contribution in [0.15, 0.2) is 0 Å². The zero-order chi connectivity index (χ0) is 12.3. The molecule has 1 saturated carbocycles. The second-order valence-electron chi connectivity index (χ2n) is 5.89. The van der Waals surface area contributed by atoms with Crippen molar-refractivity contribution in [1.29, 1.82) is 0 Å². The number of rotatable bonds is 4. The van der Waals surface area contributed by atoms with E-state index in [1.807, 2.05) is 4.90 Å². The molecule has 0 aromatic heterocycles. The molecule has 98 valence electrons. The van der Waals surface area contributed by atoms with Gasteiger partial charge < -0.3 is 4.90 Å². The number of hydrogen-bond acceptors (Lipinski definition) is 2. The van der Waals surface area contributed by atoms with Gasteiger partial charge in [0, 0.05) is 6.54 Å². The van der Waals surface area contributed by atoms with Gasteiger partial charge in [0.05, 0.1) is 12.7 Å². The van der Waals surface area contributed by atoms with Gasteiger partial charge in [0.1, 0.15) is 0 Å². The molecule has 2 rings (SSSR count). The van der Waals surface area contributed by atoms with Crippen LogP contribution in [-0.4, -0.2) is 30.1 Å². The standard InChI is InChI=1S/C14H26N2O/c1-3-4-13-14(17)16(10-15-13)9-12-7-5-11(2)6-8-12/h11-13,15H,3-10H2,1-2H3. The van der Waals surface area contributed by atoms with Crippen LogP contribution in [0.4, 0.5) is 0 Å². The fourth-order valence-corrected chi connectivity index (χ4v) is 3.10. The summed E-state index contributed by atoms with van der Waals surface area (Å²) in [7, 11) is 0. The molecule has 1 unspecified atom stereocenters. The fourth-order valence-electron chi connectivity index (χ4n) is 3.10. The van der Waals surface area contributed by atoms with E-state index in [2.05, 4.69) is 19.2 Å². The van der Waals surface area contributed by atoms with E-state index in [-0.39, 0.29) is 6.04 Å². The number of nitrogens with one attached hydrogen (secondary N) is 1. The topological polar surface area (TPSA) is 32.3 Å². The van der Waals surface area contributed by atoms with Crippen LogP contribution in [0, 0.1) is 11.8 Å². The number of nitrogens with zero attached hydrogens (tertiary/aromatic N) is 1. The molecule has 1 heterocycles. The molecule has 2 fully saturated rings. The second-order valence-corrected chi connectivity index (χ2v) is 5.89. The maximum atomic E-state index is 12.1. The summed E-state index contributed by atoms with van der Waals surface area (Å²) in [5.41, 5.74) is 0. The molecule has 1 N–H and O–H groups in total. The third-order valence-corrected chi connectivity index (χ3v) is 4.33. The van der Waals surface area contributed by atoms with Gasteiger partial charge in [0.2, 0.25) is 5.91 Å². The van der Waals surface area contributed by atoms with Crippen molar-refractivity contribution in [3.05, 3.63) is 0 Å². The largest absolute Gasteiger partial charge is 0.328 e. The molecule has 1 amide bonds. The molecule has 2 aliphatic rings. The van der Waals surface area contributed by atoms with Crippen LogP contribution in [-0.2, 0) is 4.79 Å². The van der Waals surface area contributed by atoms with Crippen molar-refractivity contribution < 1.29 is 4.79 Å². The summed E-state index contributed by atoms with van der Waals surface area (Å²) in [4.78, 5) is 14.1. The van der Waals surface area contributed by atoms with Crippen LogP contribution in [0.1, 0.15) is 52.4 Å². The van der Waals surface area contributed by atoms with Gasteiger partial charge in [-0.1, -0.05) is 33.1 Å². The Kier molecular flexibility index (Phi) is 4.43. The summed E-state index contributed by atoms with van der Waals surface area (Å²) < 4.78 is 0. The average Bonchev–Trinajstić information content (AvgIpc) is 2.65. The first-order valence-corrected chi connectivity index (χ1v) is 7.23. The first-order chi connectivity index (χ1) is 8.20. The van der Waals surface area contributed by atoms with Crippen molar-refractivity contribution in [2.24, 2.45) is 11.8 Å². The smallest absolute Gasteiger partial charge is 0.240 e. The summed E-state index contributed by atoms with van der Waals surface area (Å²) in [5.74, 6) is 1.98. The van der Waals surface area contributed by atoms with E-state index in [4.69, 9.17) is 0 Å². The van der Waals surface area contributed by atoms with Gasteiger partial charge >= 0.3 is 0 Å². The maximum absolute atomic E-state index is 12.1. The number of carbonyl (C=O) groups excluding carboxylic acids is 1. The molecule has 1 aliphatic carbocycles. The van der Waals surface area contributed by atoms with Gasteiger partial charge in [0.25, 0.3) is 0 Å². The van der Waals surface area contributed by atoms with Gasteiger partial charge in [-0.15, -0.1) is 0 Å². The molecule has 1 saturated heterocycles. The normalized spacial score (nSPS) is 34.4. The van der Waals surface area contributed by atoms with Crippen LogP contribution in [0.25, 0.3) is 0 Å². The summed E-state index contributed by atoms with van der Waals surface area (Å²) in [6.45, 7) is 6.24. The highest BCUT2D eigenvalue weighted by Gasteiger charge is 2.32.